The number of rotatable bonds is 5. The third-order valence-electron chi connectivity index (χ3n) is 1.77. The average Bonchev–Trinajstić information content (AvgIpc) is 2.49. The number of thiophene rings is 1. The molecule has 1 unspecified atom stereocenters. The van der Waals surface area contributed by atoms with Crippen LogP contribution >= 0.6 is 22.9 Å². The summed E-state index contributed by atoms with van der Waals surface area (Å²) in [6.45, 7) is 6.75. The van der Waals surface area contributed by atoms with Crippen LogP contribution in [-0.2, 0) is 6.54 Å². The van der Waals surface area contributed by atoms with Gasteiger partial charge in [0.05, 0.1) is 5.02 Å². The van der Waals surface area contributed by atoms with Gasteiger partial charge in [-0.25, -0.2) is 0 Å². The quantitative estimate of drug-likeness (QED) is 0.742. The summed E-state index contributed by atoms with van der Waals surface area (Å²) in [5.74, 6) is 0. The minimum absolute atomic E-state index is 0.485. The summed E-state index contributed by atoms with van der Waals surface area (Å²) in [7, 11) is 0. The molecule has 72 valence electrons. The molecule has 13 heavy (non-hydrogen) atoms. The van der Waals surface area contributed by atoms with Crippen LogP contribution in [-0.4, -0.2) is 6.04 Å². The van der Waals surface area contributed by atoms with Crippen molar-refractivity contribution >= 4 is 22.9 Å². The second-order valence-corrected chi connectivity index (χ2v) is 4.47. The van der Waals surface area contributed by atoms with Crippen LogP contribution in [0.4, 0.5) is 0 Å². The van der Waals surface area contributed by atoms with Crippen molar-refractivity contribution in [2.75, 3.05) is 0 Å². The Hall–Kier alpha value is -0.310. The molecule has 0 bridgehead atoms. The third kappa shape index (κ3) is 3.94. The second-order valence-electron chi connectivity index (χ2n) is 3.04. The van der Waals surface area contributed by atoms with Gasteiger partial charge in [0.1, 0.15) is 0 Å². The molecule has 0 saturated heterocycles. The first kappa shape index (κ1) is 10.8. The predicted molar refractivity (Wildman–Crippen MR) is 60.4 cm³/mol. The molecule has 3 heteroatoms. The van der Waals surface area contributed by atoms with Gasteiger partial charge in [-0.05, 0) is 19.4 Å². The molecule has 1 atom stereocenters. The number of halogens is 1. The van der Waals surface area contributed by atoms with Crippen molar-refractivity contribution in [2.24, 2.45) is 0 Å². The first-order valence-electron chi connectivity index (χ1n) is 4.29. The van der Waals surface area contributed by atoms with E-state index in [0.717, 1.165) is 18.0 Å². The Bertz CT molecular complexity index is 270. The maximum Gasteiger partial charge on any atom is 0.0516 e. The van der Waals surface area contributed by atoms with Gasteiger partial charge in [0.15, 0.2) is 0 Å². The maximum absolute atomic E-state index is 5.80. The Labute approximate surface area is 88.4 Å². The summed E-state index contributed by atoms with van der Waals surface area (Å²) in [4.78, 5) is 1.28. The van der Waals surface area contributed by atoms with Crippen LogP contribution in [0.5, 0.6) is 0 Å². The molecular formula is C10H14ClNS. The third-order valence-corrected chi connectivity index (χ3v) is 3.05. The molecule has 1 nitrogen and oxygen atoms in total. The van der Waals surface area contributed by atoms with Gasteiger partial charge >= 0.3 is 0 Å². The monoisotopic (exact) mass is 215 g/mol. The Kier molecular flexibility index (Phi) is 4.50. The molecule has 1 aromatic heterocycles. The summed E-state index contributed by atoms with van der Waals surface area (Å²) >= 11 is 7.49. The minimum atomic E-state index is 0.485. The summed E-state index contributed by atoms with van der Waals surface area (Å²) in [6, 6.07) is 2.48. The lowest BCUT2D eigenvalue weighted by atomic mass is 10.2. The van der Waals surface area contributed by atoms with E-state index in [-0.39, 0.29) is 0 Å². The highest BCUT2D eigenvalue weighted by Gasteiger charge is 2.00. The van der Waals surface area contributed by atoms with E-state index >= 15 is 0 Å². The van der Waals surface area contributed by atoms with Crippen molar-refractivity contribution in [3.05, 3.63) is 34.0 Å². The van der Waals surface area contributed by atoms with Gasteiger partial charge < -0.3 is 5.32 Å². The number of hydrogen-bond donors (Lipinski definition) is 1. The van der Waals surface area contributed by atoms with Crippen LogP contribution in [0.15, 0.2) is 24.1 Å². The lowest BCUT2D eigenvalue weighted by Crippen LogP contribution is -2.24. The van der Waals surface area contributed by atoms with E-state index in [1.807, 2.05) is 17.5 Å². The minimum Gasteiger partial charge on any atom is -0.309 e. The zero-order chi connectivity index (χ0) is 9.68. The molecule has 1 aromatic rings. The fourth-order valence-electron chi connectivity index (χ4n) is 1.05. The van der Waals surface area contributed by atoms with E-state index in [2.05, 4.69) is 18.8 Å². The normalized spacial score (nSPS) is 12.8. The fraction of sp³-hybridized carbons (Fsp3) is 0.400. The largest absolute Gasteiger partial charge is 0.309 e. The summed E-state index contributed by atoms with van der Waals surface area (Å²) in [6.07, 6.45) is 2.93. The molecule has 0 aliphatic carbocycles. The molecule has 1 rings (SSSR count). The van der Waals surface area contributed by atoms with Crippen LogP contribution in [0.25, 0.3) is 0 Å². The smallest absolute Gasteiger partial charge is 0.0516 e. The molecule has 0 aliphatic heterocycles. The van der Waals surface area contributed by atoms with Gasteiger partial charge in [-0.3, -0.25) is 0 Å². The van der Waals surface area contributed by atoms with Crippen molar-refractivity contribution in [3.8, 4) is 0 Å². The molecule has 1 heterocycles. The molecule has 1 N–H and O–H groups in total. The average molecular weight is 216 g/mol. The van der Waals surface area contributed by atoms with E-state index < -0.39 is 0 Å². The van der Waals surface area contributed by atoms with Gasteiger partial charge in [0, 0.05) is 22.8 Å². The first-order chi connectivity index (χ1) is 6.22. The lowest BCUT2D eigenvalue weighted by molar-refractivity contribution is 0.557. The molecule has 0 spiro atoms. The highest BCUT2D eigenvalue weighted by Crippen LogP contribution is 2.18. The summed E-state index contributed by atoms with van der Waals surface area (Å²) in [5.41, 5.74) is 0. The molecule has 0 saturated carbocycles. The van der Waals surface area contributed by atoms with Crippen molar-refractivity contribution in [2.45, 2.75) is 25.9 Å². The van der Waals surface area contributed by atoms with Crippen molar-refractivity contribution in [1.29, 1.82) is 0 Å². The Morgan fingerprint density at radius 3 is 3.08 bits per heavy atom. The Balaban J connectivity index is 2.30. The van der Waals surface area contributed by atoms with Gasteiger partial charge in [-0.15, -0.1) is 17.9 Å². The SMILES string of the molecule is C=CCC(C)NCc1cc(Cl)cs1. The highest BCUT2D eigenvalue weighted by atomic mass is 35.5. The van der Waals surface area contributed by atoms with Crippen LogP contribution in [0.1, 0.15) is 18.2 Å². The van der Waals surface area contributed by atoms with Crippen LogP contribution < -0.4 is 5.32 Å². The van der Waals surface area contributed by atoms with Gasteiger partial charge in [-0.1, -0.05) is 17.7 Å². The van der Waals surface area contributed by atoms with Crippen LogP contribution in [0.2, 0.25) is 5.02 Å². The molecule has 0 radical (unpaired) electrons. The van der Waals surface area contributed by atoms with Gasteiger partial charge in [0.25, 0.3) is 0 Å². The second kappa shape index (κ2) is 5.43. The van der Waals surface area contributed by atoms with Crippen LogP contribution in [0, 0.1) is 0 Å². The van der Waals surface area contributed by atoms with Gasteiger partial charge in [0.2, 0.25) is 0 Å². The van der Waals surface area contributed by atoms with E-state index in [4.69, 9.17) is 11.6 Å². The molecule has 0 fully saturated rings. The Morgan fingerprint density at radius 2 is 2.54 bits per heavy atom. The highest BCUT2D eigenvalue weighted by molar-refractivity contribution is 7.10. The van der Waals surface area contributed by atoms with E-state index in [1.54, 1.807) is 11.3 Å². The number of hydrogen-bond acceptors (Lipinski definition) is 2. The van der Waals surface area contributed by atoms with Crippen molar-refractivity contribution in [3.63, 3.8) is 0 Å². The first-order valence-corrected chi connectivity index (χ1v) is 5.55. The summed E-state index contributed by atoms with van der Waals surface area (Å²) < 4.78 is 0. The molecule has 0 amide bonds. The lowest BCUT2D eigenvalue weighted by Gasteiger charge is -2.09. The van der Waals surface area contributed by atoms with E-state index in [0.29, 0.717) is 6.04 Å². The predicted octanol–water partition coefficient (Wildman–Crippen LogP) is 3.46. The molecule has 0 aromatic carbocycles. The Morgan fingerprint density at radius 1 is 1.77 bits per heavy atom. The van der Waals surface area contributed by atoms with Crippen molar-refractivity contribution < 1.29 is 0 Å². The molecule has 0 aliphatic rings. The zero-order valence-corrected chi connectivity index (χ0v) is 9.29. The van der Waals surface area contributed by atoms with Gasteiger partial charge in [-0.2, -0.15) is 0 Å². The topological polar surface area (TPSA) is 12.0 Å². The summed E-state index contributed by atoms with van der Waals surface area (Å²) in [5, 5.41) is 6.18. The van der Waals surface area contributed by atoms with E-state index in [1.165, 1.54) is 4.88 Å². The fourth-order valence-corrected chi connectivity index (χ4v) is 2.08. The zero-order valence-electron chi connectivity index (χ0n) is 7.72. The maximum atomic E-state index is 5.80. The van der Waals surface area contributed by atoms with E-state index in [9.17, 15) is 0 Å². The standard InChI is InChI=1S/C10H14ClNS/c1-3-4-8(2)12-6-10-5-9(11)7-13-10/h3,5,7-8,12H,1,4,6H2,2H3. The molecular weight excluding hydrogens is 202 g/mol. The van der Waals surface area contributed by atoms with Crippen LogP contribution in [0.3, 0.4) is 0 Å². The number of nitrogens with one attached hydrogen (secondary N) is 1. The van der Waals surface area contributed by atoms with Crippen molar-refractivity contribution in [1.82, 2.24) is 5.32 Å².